The molecule has 2 rings (SSSR count). The molecule has 0 aliphatic carbocycles. The molecule has 0 radical (unpaired) electrons. The second-order valence-electron chi connectivity index (χ2n) is 3.51. The Morgan fingerprint density at radius 2 is 2.12 bits per heavy atom. The van der Waals surface area contributed by atoms with Crippen LogP contribution >= 0.6 is 43.2 Å². The number of thiophene rings is 1. The Morgan fingerprint density at radius 1 is 1.35 bits per heavy atom. The summed E-state index contributed by atoms with van der Waals surface area (Å²) in [6.45, 7) is 1.96. The van der Waals surface area contributed by atoms with E-state index in [0.717, 1.165) is 20.2 Å². The van der Waals surface area contributed by atoms with Gasteiger partial charge in [0.15, 0.2) is 0 Å². The molecule has 88 valence electrons. The topological polar surface area (TPSA) is 29.1 Å². The average molecular weight is 375 g/mol. The van der Waals surface area contributed by atoms with Gasteiger partial charge in [-0.1, -0.05) is 22.0 Å². The van der Waals surface area contributed by atoms with Crippen molar-refractivity contribution in [1.82, 2.24) is 0 Å². The highest BCUT2D eigenvalue weighted by Gasteiger charge is 2.11. The number of benzene rings is 1. The van der Waals surface area contributed by atoms with Crippen LogP contribution in [0.4, 0.5) is 5.69 Å². The molecule has 0 unspecified atom stereocenters. The largest absolute Gasteiger partial charge is 0.320 e. The van der Waals surface area contributed by atoms with E-state index in [4.69, 9.17) is 0 Å². The molecular weight excluding hydrogens is 366 g/mol. The molecule has 5 heteroatoms. The van der Waals surface area contributed by atoms with E-state index in [0.29, 0.717) is 4.88 Å². The number of amides is 1. The van der Waals surface area contributed by atoms with Crippen molar-refractivity contribution in [1.29, 1.82) is 0 Å². The molecule has 1 aromatic carbocycles. The highest BCUT2D eigenvalue weighted by molar-refractivity contribution is 9.11. The Morgan fingerprint density at radius 3 is 2.71 bits per heavy atom. The number of carbonyl (C=O) groups is 1. The maximum absolute atomic E-state index is 11.9. The number of hydrogen-bond acceptors (Lipinski definition) is 2. The fourth-order valence-corrected chi connectivity index (χ4v) is 3.60. The lowest BCUT2D eigenvalue weighted by atomic mass is 10.2. The predicted molar refractivity (Wildman–Crippen MR) is 78.9 cm³/mol. The van der Waals surface area contributed by atoms with Gasteiger partial charge < -0.3 is 5.32 Å². The molecule has 0 bridgehead atoms. The molecule has 0 atom stereocenters. The quantitative estimate of drug-likeness (QED) is 0.800. The molecule has 0 saturated heterocycles. The molecule has 0 fully saturated rings. The van der Waals surface area contributed by atoms with Gasteiger partial charge >= 0.3 is 0 Å². The van der Waals surface area contributed by atoms with E-state index in [-0.39, 0.29) is 5.91 Å². The molecule has 2 aromatic rings. The third-order valence-corrected chi connectivity index (χ3v) is 4.19. The van der Waals surface area contributed by atoms with Crippen molar-refractivity contribution >= 4 is 54.8 Å². The van der Waals surface area contributed by atoms with Crippen molar-refractivity contribution in [3.05, 3.63) is 49.0 Å². The molecule has 17 heavy (non-hydrogen) atoms. The lowest BCUT2D eigenvalue weighted by Gasteiger charge is -2.10. The first-order chi connectivity index (χ1) is 8.08. The molecule has 0 aliphatic heterocycles. The second kappa shape index (κ2) is 5.33. The van der Waals surface area contributed by atoms with E-state index >= 15 is 0 Å². The first-order valence-corrected chi connectivity index (χ1v) is 7.35. The van der Waals surface area contributed by atoms with Crippen LogP contribution < -0.4 is 5.32 Å². The van der Waals surface area contributed by atoms with Crippen LogP contribution in [0.3, 0.4) is 0 Å². The third-order valence-electron chi connectivity index (χ3n) is 2.24. The first kappa shape index (κ1) is 12.8. The molecule has 1 N–H and O–H groups in total. The summed E-state index contributed by atoms with van der Waals surface area (Å²) in [7, 11) is 0. The van der Waals surface area contributed by atoms with E-state index < -0.39 is 0 Å². The third kappa shape index (κ3) is 2.97. The van der Waals surface area contributed by atoms with Crippen molar-refractivity contribution in [3.8, 4) is 0 Å². The standard InChI is InChI=1S/C12H9Br2NOS/c1-7-5-8(13)6-9(14)11(7)15-12(16)10-3-2-4-17-10/h2-6H,1H3,(H,15,16). The number of carbonyl (C=O) groups excluding carboxylic acids is 1. The second-order valence-corrected chi connectivity index (χ2v) is 6.23. The van der Waals surface area contributed by atoms with Crippen LogP contribution in [0.15, 0.2) is 38.6 Å². The lowest BCUT2D eigenvalue weighted by molar-refractivity contribution is 0.103. The van der Waals surface area contributed by atoms with Crippen molar-refractivity contribution in [2.75, 3.05) is 5.32 Å². The molecule has 2 nitrogen and oxygen atoms in total. The fraction of sp³-hybridized carbons (Fsp3) is 0.0833. The van der Waals surface area contributed by atoms with Crippen LogP contribution in [0, 0.1) is 6.92 Å². The summed E-state index contributed by atoms with van der Waals surface area (Å²) in [6, 6.07) is 7.55. The highest BCUT2D eigenvalue weighted by atomic mass is 79.9. The molecule has 0 aliphatic rings. The number of halogens is 2. The molecule has 1 heterocycles. The lowest BCUT2D eigenvalue weighted by Crippen LogP contribution is -2.11. The van der Waals surface area contributed by atoms with E-state index in [1.54, 1.807) is 0 Å². The monoisotopic (exact) mass is 373 g/mol. The SMILES string of the molecule is Cc1cc(Br)cc(Br)c1NC(=O)c1cccs1. The highest BCUT2D eigenvalue weighted by Crippen LogP contribution is 2.30. The van der Waals surface area contributed by atoms with Gasteiger partial charge in [-0.15, -0.1) is 11.3 Å². The number of aryl methyl sites for hydroxylation is 1. The molecule has 1 amide bonds. The van der Waals surface area contributed by atoms with Crippen molar-refractivity contribution in [3.63, 3.8) is 0 Å². The zero-order valence-corrected chi connectivity index (χ0v) is 12.9. The minimum absolute atomic E-state index is 0.0777. The average Bonchev–Trinajstić information content (AvgIpc) is 2.76. The van der Waals surface area contributed by atoms with Crippen LogP contribution in [-0.4, -0.2) is 5.91 Å². The Labute approximate surface area is 120 Å². The number of rotatable bonds is 2. The van der Waals surface area contributed by atoms with E-state index in [2.05, 4.69) is 37.2 Å². The van der Waals surface area contributed by atoms with Gasteiger partial charge in [0, 0.05) is 8.95 Å². The summed E-state index contributed by atoms with van der Waals surface area (Å²) in [4.78, 5) is 12.6. The summed E-state index contributed by atoms with van der Waals surface area (Å²) >= 11 is 8.29. The summed E-state index contributed by atoms with van der Waals surface area (Å²) < 4.78 is 1.85. The predicted octanol–water partition coefficient (Wildman–Crippen LogP) is 4.83. The zero-order valence-electron chi connectivity index (χ0n) is 8.96. The van der Waals surface area contributed by atoms with Crippen LogP contribution in [-0.2, 0) is 0 Å². The number of anilines is 1. The van der Waals surface area contributed by atoms with E-state index in [1.165, 1.54) is 11.3 Å². The Hall–Kier alpha value is -0.650. The van der Waals surface area contributed by atoms with Gasteiger partial charge in [0.2, 0.25) is 0 Å². The Kier molecular flexibility index (Phi) is 4.01. The maximum Gasteiger partial charge on any atom is 0.265 e. The minimum Gasteiger partial charge on any atom is -0.320 e. The summed E-state index contributed by atoms with van der Waals surface area (Å²) in [5.41, 5.74) is 1.82. The van der Waals surface area contributed by atoms with Crippen LogP contribution in [0.25, 0.3) is 0 Å². The van der Waals surface area contributed by atoms with Gasteiger partial charge in [0.1, 0.15) is 0 Å². The van der Waals surface area contributed by atoms with Crippen LogP contribution in [0.2, 0.25) is 0 Å². The van der Waals surface area contributed by atoms with E-state index in [1.807, 2.05) is 36.6 Å². The van der Waals surface area contributed by atoms with Gasteiger partial charge in [0.05, 0.1) is 10.6 Å². The summed E-state index contributed by atoms with van der Waals surface area (Å²) in [5.74, 6) is -0.0777. The summed E-state index contributed by atoms with van der Waals surface area (Å²) in [6.07, 6.45) is 0. The van der Waals surface area contributed by atoms with Crippen molar-refractivity contribution in [2.24, 2.45) is 0 Å². The molecule has 0 spiro atoms. The van der Waals surface area contributed by atoms with E-state index in [9.17, 15) is 4.79 Å². The smallest absolute Gasteiger partial charge is 0.265 e. The van der Waals surface area contributed by atoms with Gasteiger partial charge in [-0.05, 0) is 52.0 Å². The number of hydrogen-bond donors (Lipinski definition) is 1. The van der Waals surface area contributed by atoms with Crippen LogP contribution in [0.1, 0.15) is 15.2 Å². The maximum atomic E-state index is 11.9. The fourth-order valence-electron chi connectivity index (χ4n) is 1.44. The Bertz CT molecular complexity index is 529. The van der Waals surface area contributed by atoms with Gasteiger partial charge in [-0.3, -0.25) is 4.79 Å². The first-order valence-electron chi connectivity index (χ1n) is 4.88. The molecule has 1 aromatic heterocycles. The van der Waals surface area contributed by atoms with Crippen molar-refractivity contribution in [2.45, 2.75) is 6.92 Å². The van der Waals surface area contributed by atoms with Gasteiger partial charge in [-0.25, -0.2) is 0 Å². The zero-order chi connectivity index (χ0) is 12.4. The van der Waals surface area contributed by atoms with Gasteiger partial charge in [0.25, 0.3) is 5.91 Å². The molecular formula is C12H9Br2NOS. The van der Waals surface area contributed by atoms with Gasteiger partial charge in [-0.2, -0.15) is 0 Å². The van der Waals surface area contributed by atoms with Crippen molar-refractivity contribution < 1.29 is 4.79 Å². The Balaban J connectivity index is 2.28. The normalized spacial score (nSPS) is 10.3. The number of nitrogens with one attached hydrogen (secondary N) is 1. The minimum atomic E-state index is -0.0777. The summed E-state index contributed by atoms with van der Waals surface area (Å²) in [5, 5.41) is 4.80. The van der Waals surface area contributed by atoms with Crippen LogP contribution in [0.5, 0.6) is 0 Å². The molecule has 0 saturated carbocycles.